The highest BCUT2D eigenvalue weighted by Crippen LogP contribution is 2.30. The Balaban J connectivity index is 2.07. The summed E-state index contributed by atoms with van der Waals surface area (Å²) < 4.78 is 1.07. The van der Waals surface area contributed by atoms with Gasteiger partial charge < -0.3 is 10.0 Å². The van der Waals surface area contributed by atoms with Gasteiger partial charge in [0.15, 0.2) is 0 Å². The molecule has 0 spiro atoms. The smallest absolute Gasteiger partial charge is 0.0762 e. The van der Waals surface area contributed by atoms with Crippen molar-refractivity contribution in [2.24, 2.45) is 0 Å². The number of aliphatic hydroxyl groups is 1. The summed E-state index contributed by atoms with van der Waals surface area (Å²) in [5.41, 5.74) is 2.43. The number of aliphatic hydroxyl groups excluding tert-OH is 1. The molecule has 1 fully saturated rings. The zero-order valence-electron chi connectivity index (χ0n) is 12.9. The van der Waals surface area contributed by atoms with Crippen LogP contribution in [0.1, 0.15) is 39.4 Å². The van der Waals surface area contributed by atoms with E-state index in [1.807, 2.05) is 12.1 Å². The van der Waals surface area contributed by atoms with Crippen molar-refractivity contribution in [1.82, 2.24) is 4.90 Å². The molecule has 1 heterocycles. The molecule has 2 rings (SSSR count). The molecule has 0 radical (unpaired) electrons. The van der Waals surface area contributed by atoms with Crippen LogP contribution < -0.4 is 4.90 Å². The lowest BCUT2D eigenvalue weighted by Gasteiger charge is -2.43. The van der Waals surface area contributed by atoms with E-state index in [9.17, 15) is 5.11 Å². The molecule has 20 heavy (non-hydrogen) atoms. The third kappa shape index (κ3) is 3.54. The summed E-state index contributed by atoms with van der Waals surface area (Å²) in [6.45, 7) is 12.9. The highest BCUT2D eigenvalue weighted by atomic mass is 79.9. The fourth-order valence-corrected chi connectivity index (χ4v) is 3.30. The van der Waals surface area contributed by atoms with Gasteiger partial charge in [-0.05, 0) is 61.3 Å². The van der Waals surface area contributed by atoms with Crippen molar-refractivity contribution in [2.45, 2.75) is 39.3 Å². The highest BCUT2D eigenvalue weighted by Gasteiger charge is 2.26. The van der Waals surface area contributed by atoms with E-state index in [4.69, 9.17) is 0 Å². The Morgan fingerprint density at radius 1 is 1.15 bits per heavy atom. The van der Waals surface area contributed by atoms with E-state index in [0.29, 0.717) is 0 Å². The van der Waals surface area contributed by atoms with Gasteiger partial charge >= 0.3 is 0 Å². The predicted octanol–water partition coefficient (Wildman–Crippen LogP) is 3.42. The Morgan fingerprint density at radius 3 is 2.20 bits per heavy atom. The number of halogens is 1. The van der Waals surface area contributed by atoms with Crippen molar-refractivity contribution in [2.75, 3.05) is 31.1 Å². The fourth-order valence-electron chi connectivity index (χ4n) is 2.66. The predicted molar refractivity (Wildman–Crippen MR) is 88.3 cm³/mol. The van der Waals surface area contributed by atoms with Crippen molar-refractivity contribution in [3.05, 3.63) is 28.2 Å². The number of hydrogen-bond acceptors (Lipinski definition) is 3. The molecule has 0 bridgehead atoms. The number of nitrogens with zero attached hydrogens (tertiary/aromatic N) is 2. The summed E-state index contributed by atoms with van der Waals surface area (Å²) in [6, 6.07) is 6.15. The molecule has 1 saturated heterocycles. The van der Waals surface area contributed by atoms with Gasteiger partial charge in [0.1, 0.15) is 0 Å². The zero-order chi connectivity index (χ0) is 14.9. The Morgan fingerprint density at radius 2 is 1.75 bits per heavy atom. The van der Waals surface area contributed by atoms with Crippen molar-refractivity contribution in [3.8, 4) is 0 Å². The summed E-state index contributed by atoms with van der Waals surface area (Å²) in [4.78, 5) is 4.94. The molecule has 0 saturated carbocycles. The Kier molecular flexibility index (Phi) is 4.77. The van der Waals surface area contributed by atoms with Gasteiger partial charge in [-0.2, -0.15) is 0 Å². The third-order valence-electron chi connectivity index (χ3n) is 4.02. The molecule has 1 atom stereocenters. The maximum atomic E-state index is 9.63. The second kappa shape index (κ2) is 6.04. The van der Waals surface area contributed by atoms with Gasteiger partial charge in [-0.1, -0.05) is 6.07 Å². The van der Waals surface area contributed by atoms with E-state index in [1.54, 1.807) is 6.92 Å². The number of piperazine rings is 1. The molecule has 112 valence electrons. The minimum absolute atomic E-state index is 0.250. The van der Waals surface area contributed by atoms with Crippen LogP contribution in [0.4, 0.5) is 5.69 Å². The largest absolute Gasteiger partial charge is 0.389 e. The minimum atomic E-state index is -0.418. The molecule has 1 unspecified atom stereocenters. The molecule has 1 aliphatic heterocycles. The molecule has 0 amide bonds. The van der Waals surface area contributed by atoms with Crippen LogP contribution in [0.2, 0.25) is 0 Å². The van der Waals surface area contributed by atoms with E-state index < -0.39 is 6.10 Å². The monoisotopic (exact) mass is 340 g/mol. The molecule has 1 aromatic carbocycles. The minimum Gasteiger partial charge on any atom is -0.389 e. The summed E-state index contributed by atoms with van der Waals surface area (Å²) in [7, 11) is 0. The first-order valence-electron chi connectivity index (χ1n) is 7.26. The van der Waals surface area contributed by atoms with Gasteiger partial charge in [0, 0.05) is 36.2 Å². The summed E-state index contributed by atoms with van der Waals surface area (Å²) in [6.07, 6.45) is -0.418. The van der Waals surface area contributed by atoms with Crippen LogP contribution in [0.15, 0.2) is 22.7 Å². The van der Waals surface area contributed by atoms with E-state index >= 15 is 0 Å². The topological polar surface area (TPSA) is 26.7 Å². The van der Waals surface area contributed by atoms with E-state index in [1.165, 1.54) is 5.69 Å². The summed E-state index contributed by atoms with van der Waals surface area (Å²) >= 11 is 3.64. The van der Waals surface area contributed by atoms with Crippen LogP contribution in [-0.4, -0.2) is 41.7 Å². The Hall–Kier alpha value is -0.580. The number of benzene rings is 1. The second-order valence-corrected chi connectivity index (χ2v) is 7.39. The molecule has 0 aromatic heterocycles. The lowest BCUT2D eigenvalue weighted by molar-refractivity contribution is 0.128. The molecule has 0 aliphatic carbocycles. The van der Waals surface area contributed by atoms with Gasteiger partial charge in [-0.15, -0.1) is 0 Å². The van der Waals surface area contributed by atoms with Gasteiger partial charge in [0.05, 0.1) is 11.8 Å². The van der Waals surface area contributed by atoms with Gasteiger partial charge in [-0.3, -0.25) is 4.90 Å². The number of rotatable bonds is 2. The number of anilines is 1. The molecular weight excluding hydrogens is 316 g/mol. The van der Waals surface area contributed by atoms with Crippen LogP contribution in [0.5, 0.6) is 0 Å². The summed E-state index contributed by atoms with van der Waals surface area (Å²) in [5, 5.41) is 9.63. The fraction of sp³-hybridized carbons (Fsp3) is 0.625. The third-order valence-corrected chi connectivity index (χ3v) is 4.66. The van der Waals surface area contributed by atoms with Gasteiger partial charge in [0.2, 0.25) is 0 Å². The maximum Gasteiger partial charge on any atom is 0.0762 e. The average Bonchev–Trinajstić information content (AvgIpc) is 2.37. The Labute approximate surface area is 130 Å². The van der Waals surface area contributed by atoms with Crippen molar-refractivity contribution in [3.63, 3.8) is 0 Å². The first-order valence-corrected chi connectivity index (χ1v) is 8.06. The van der Waals surface area contributed by atoms with Gasteiger partial charge in [0.25, 0.3) is 0 Å². The molecule has 1 N–H and O–H groups in total. The first-order chi connectivity index (χ1) is 9.29. The van der Waals surface area contributed by atoms with Crippen molar-refractivity contribution in [1.29, 1.82) is 0 Å². The standard InChI is InChI=1S/C16H25BrN2O/c1-12(20)13-5-6-15(14(17)11-13)18-7-9-19(10-8-18)16(2,3)4/h5-6,11-12,20H,7-10H2,1-4H3. The quantitative estimate of drug-likeness (QED) is 0.893. The van der Waals surface area contributed by atoms with Crippen LogP contribution >= 0.6 is 15.9 Å². The van der Waals surface area contributed by atoms with Crippen molar-refractivity contribution >= 4 is 21.6 Å². The average molecular weight is 341 g/mol. The maximum absolute atomic E-state index is 9.63. The summed E-state index contributed by atoms with van der Waals surface area (Å²) in [5.74, 6) is 0. The van der Waals surface area contributed by atoms with Gasteiger partial charge in [-0.25, -0.2) is 0 Å². The first kappa shape index (κ1) is 15.8. The van der Waals surface area contributed by atoms with E-state index in [0.717, 1.165) is 36.2 Å². The molecule has 1 aromatic rings. The molecule has 1 aliphatic rings. The molecular formula is C16H25BrN2O. The normalized spacial score (nSPS) is 19.2. The van der Waals surface area contributed by atoms with Crippen molar-refractivity contribution < 1.29 is 5.11 Å². The Bertz CT molecular complexity index is 460. The SMILES string of the molecule is CC(O)c1ccc(N2CCN(C(C)(C)C)CC2)c(Br)c1. The lowest BCUT2D eigenvalue weighted by Crippen LogP contribution is -2.53. The van der Waals surface area contributed by atoms with Crippen LogP contribution in [0.3, 0.4) is 0 Å². The van der Waals surface area contributed by atoms with Crippen LogP contribution in [0.25, 0.3) is 0 Å². The van der Waals surface area contributed by atoms with Crippen LogP contribution in [0, 0.1) is 0 Å². The van der Waals surface area contributed by atoms with E-state index in [-0.39, 0.29) is 5.54 Å². The zero-order valence-corrected chi connectivity index (χ0v) is 14.4. The number of hydrogen-bond donors (Lipinski definition) is 1. The lowest BCUT2D eigenvalue weighted by atomic mass is 10.0. The molecule has 3 nitrogen and oxygen atoms in total. The highest BCUT2D eigenvalue weighted by molar-refractivity contribution is 9.10. The van der Waals surface area contributed by atoms with E-state index in [2.05, 4.69) is 52.6 Å². The second-order valence-electron chi connectivity index (χ2n) is 6.53. The molecule has 4 heteroatoms. The van der Waals surface area contributed by atoms with Crippen LogP contribution in [-0.2, 0) is 0 Å².